The monoisotopic (exact) mass is 440 g/mol. The molecular formula is C19H23BrF2N4O. The van der Waals surface area contributed by atoms with Crippen molar-refractivity contribution in [1.29, 1.82) is 0 Å². The predicted octanol–water partition coefficient (Wildman–Crippen LogP) is 3.54. The number of rotatable bonds is 5. The lowest BCUT2D eigenvalue weighted by Crippen LogP contribution is -2.49. The molecule has 0 aliphatic carbocycles. The normalized spacial score (nSPS) is 15.6. The Kier molecular flexibility index (Phi) is 6.26. The van der Waals surface area contributed by atoms with E-state index in [1.807, 2.05) is 0 Å². The van der Waals surface area contributed by atoms with Crippen molar-refractivity contribution < 1.29 is 13.6 Å². The highest BCUT2D eigenvalue weighted by Crippen LogP contribution is 2.29. The highest BCUT2D eigenvalue weighted by atomic mass is 79.9. The van der Waals surface area contributed by atoms with Crippen molar-refractivity contribution in [2.24, 2.45) is 0 Å². The second-order valence-corrected chi connectivity index (χ2v) is 7.68. The lowest BCUT2D eigenvalue weighted by atomic mass is 10.1. The first-order chi connectivity index (χ1) is 12.8. The van der Waals surface area contributed by atoms with Crippen LogP contribution in [0, 0.1) is 13.8 Å². The van der Waals surface area contributed by atoms with E-state index in [9.17, 15) is 13.6 Å². The Morgan fingerprint density at radius 2 is 1.93 bits per heavy atom. The Balaban J connectivity index is 1.55. The number of hydrogen-bond acceptors (Lipinski definition) is 3. The minimum Gasteiger partial charge on any atom is -0.339 e. The number of piperazine rings is 1. The molecule has 1 aliphatic heterocycles. The summed E-state index contributed by atoms with van der Waals surface area (Å²) in [7, 11) is 0. The molecule has 1 aromatic heterocycles. The summed E-state index contributed by atoms with van der Waals surface area (Å²) >= 11 is 3.14. The molecule has 0 bridgehead atoms. The van der Waals surface area contributed by atoms with Gasteiger partial charge >= 0.3 is 0 Å². The smallest absolute Gasteiger partial charge is 0.283 e. The van der Waals surface area contributed by atoms with Crippen LogP contribution in [0.5, 0.6) is 0 Å². The third-order valence-corrected chi connectivity index (χ3v) is 5.84. The van der Waals surface area contributed by atoms with E-state index in [-0.39, 0.29) is 22.6 Å². The number of aromatic nitrogens is 2. The molecule has 146 valence electrons. The zero-order valence-corrected chi connectivity index (χ0v) is 17.0. The van der Waals surface area contributed by atoms with Gasteiger partial charge in [0.05, 0.1) is 10.2 Å². The van der Waals surface area contributed by atoms with Crippen LogP contribution >= 0.6 is 15.9 Å². The van der Waals surface area contributed by atoms with Gasteiger partial charge in [0.25, 0.3) is 6.43 Å². The first-order valence-corrected chi connectivity index (χ1v) is 9.71. The maximum atomic E-state index is 13.0. The summed E-state index contributed by atoms with van der Waals surface area (Å²) in [6.45, 7) is 7.46. The lowest BCUT2D eigenvalue weighted by Gasteiger charge is -2.34. The van der Waals surface area contributed by atoms with E-state index in [1.165, 1.54) is 15.8 Å². The molecule has 2 heterocycles. The molecule has 0 spiro atoms. The summed E-state index contributed by atoms with van der Waals surface area (Å²) in [4.78, 5) is 16.7. The van der Waals surface area contributed by atoms with E-state index in [2.05, 4.69) is 57.1 Å². The van der Waals surface area contributed by atoms with Crippen molar-refractivity contribution in [2.45, 2.75) is 33.4 Å². The topological polar surface area (TPSA) is 41.4 Å². The van der Waals surface area contributed by atoms with E-state index >= 15 is 0 Å². The van der Waals surface area contributed by atoms with Crippen LogP contribution in [0.3, 0.4) is 0 Å². The summed E-state index contributed by atoms with van der Waals surface area (Å²) in [5.41, 5.74) is 2.73. The number of carbonyl (C=O) groups is 1. The molecule has 1 fully saturated rings. The summed E-state index contributed by atoms with van der Waals surface area (Å²) in [6.07, 6.45) is -2.67. The molecular weight excluding hydrogens is 418 g/mol. The number of hydrogen-bond donors (Lipinski definition) is 0. The Morgan fingerprint density at radius 3 is 2.52 bits per heavy atom. The maximum absolute atomic E-state index is 13.0. The van der Waals surface area contributed by atoms with Gasteiger partial charge in [0.2, 0.25) is 5.91 Å². The van der Waals surface area contributed by atoms with Gasteiger partial charge in [0.1, 0.15) is 12.2 Å². The van der Waals surface area contributed by atoms with Gasteiger partial charge in [-0.3, -0.25) is 14.4 Å². The van der Waals surface area contributed by atoms with Gasteiger partial charge in [-0.15, -0.1) is 0 Å². The Labute approximate surface area is 166 Å². The van der Waals surface area contributed by atoms with Crippen LogP contribution in [-0.2, 0) is 17.9 Å². The molecule has 0 unspecified atom stereocenters. The zero-order valence-electron chi connectivity index (χ0n) is 15.5. The number of benzene rings is 1. The van der Waals surface area contributed by atoms with Crippen LogP contribution in [0.2, 0.25) is 0 Å². The van der Waals surface area contributed by atoms with Crippen LogP contribution in [0.15, 0.2) is 28.7 Å². The number of nitrogens with zero attached hydrogens (tertiary/aromatic N) is 4. The number of aryl methyl sites for hydroxylation is 1. The van der Waals surface area contributed by atoms with Crippen molar-refractivity contribution in [3.05, 3.63) is 51.3 Å². The predicted molar refractivity (Wildman–Crippen MR) is 103 cm³/mol. The Bertz CT molecular complexity index is 816. The molecule has 5 nitrogen and oxygen atoms in total. The van der Waals surface area contributed by atoms with Gasteiger partial charge < -0.3 is 4.90 Å². The minimum absolute atomic E-state index is 0.0188. The summed E-state index contributed by atoms with van der Waals surface area (Å²) < 4.78 is 27.5. The minimum atomic E-state index is -2.67. The van der Waals surface area contributed by atoms with Crippen molar-refractivity contribution in [3.63, 3.8) is 0 Å². The van der Waals surface area contributed by atoms with E-state index in [4.69, 9.17) is 0 Å². The molecule has 1 amide bonds. The summed E-state index contributed by atoms with van der Waals surface area (Å²) in [6, 6.07) is 8.43. The zero-order chi connectivity index (χ0) is 19.6. The third-order valence-electron chi connectivity index (χ3n) is 4.86. The van der Waals surface area contributed by atoms with Gasteiger partial charge in [-0.25, -0.2) is 8.78 Å². The number of alkyl halides is 2. The van der Waals surface area contributed by atoms with Crippen molar-refractivity contribution in [3.8, 4) is 0 Å². The lowest BCUT2D eigenvalue weighted by molar-refractivity contribution is -0.133. The number of amides is 1. The van der Waals surface area contributed by atoms with Crippen LogP contribution < -0.4 is 0 Å². The molecule has 0 saturated carbocycles. The van der Waals surface area contributed by atoms with Crippen molar-refractivity contribution in [2.75, 3.05) is 26.2 Å². The highest BCUT2D eigenvalue weighted by molar-refractivity contribution is 9.10. The average Bonchev–Trinajstić information content (AvgIpc) is 2.91. The molecule has 1 aromatic carbocycles. The molecule has 3 rings (SSSR count). The Hall–Kier alpha value is -1.80. The number of halogens is 3. The highest BCUT2D eigenvalue weighted by Gasteiger charge is 2.25. The average molecular weight is 441 g/mol. The molecule has 0 radical (unpaired) electrons. The first-order valence-electron chi connectivity index (χ1n) is 8.91. The fourth-order valence-corrected chi connectivity index (χ4v) is 3.75. The molecule has 27 heavy (non-hydrogen) atoms. The van der Waals surface area contributed by atoms with Gasteiger partial charge in [-0.2, -0.15) is 5.10 Å². The van der Waals surface area contributed by atoms with E-state index < -0.39 is 6.43 Å². The SMILES string of the molecule is Cc1cccc(CN2CCN(C(=O)Cn3nc(C(F)F)c(Br)c3C)CC2)c1. The summed E-state index contributed by atoms with van der Waals surface area (Å²) in [5.74, 6) is -0.0934. The van der Waals surface area contributed by atoms with Crippen LogP contribution in [0.4, 0.5) is 8.78 Å². The van der Waals surface area contributed by atoms with Gasteiger partial charge in [-0.05, 0) is 35.3 Å². The van der Waals surface area contributed by atoms with Crippen molar-refractivity contribution >= 4 is 21.8 Å². The van der Waals surface area contributed by atoms with Crippen LogP contribution in [0.25, 0.3) is 0 Å². The first kappa shape index (κ1) is 19.9. The maximum Gasteiger partial charge on any atom is 0.283 e. The van der Waals surface area contributed by atoms with Gasteiger partial charge in [0, 0.05) is 32.7 Å². The van der Waals surface area contributed by atoms with Crippen LogP contribution in [-0.4, -0.2) is 51.7 Å². The fraction of sp³-hybridized carbons (Fsp3) is 0.474. The molecule has 1 aliphatic rings. The fourth-order valence-electron chi connectivity index (χ4n) is 3.29. The summed E-state index contributed by atoms with van der Waals surface area (Å²) in [5, 5.41) is 3.88. The van der Waals surface area contributed by atoms with E-state index in [1.54, 1.807) is 11.8 Å². The molecule has 0 atom stereocenters. The largest absolute Gasteiger partial charge is 0.339 e. The van der Waals surface area contributed by atoms with Crippen molar-refractivity contribution in [1.82, 2.24) is 19.6 Å². The Morgan fingerprint density at radius 1 is 1.22 bits per heavy atom. The van der Waals surface area contributed by atoms with E-state index in [0.717, 1.165) is 19.6 Å². The molecule has 2 aromatic rings. The van der Waals surface area contributed by atoms with Gasteiger partial charge in [-0.1, -0.05) is 29.8 Å². The molecule has 8 heteroatoms. The molecule has 1 saturated heterocycles. The quantitative estimate of drug-likeness (QED) is 0.713. The second kappa shape index (κ2) is 8.48. The van der Waals surface area contributed by atoms with Gasteiger partial charge in [0.15, 0.2) is 0 Å². The standard InChI is InChI=1S/C19H23BrF2N4O/c1-13-4-3-5-15(10-13)11-24-6-8-25(9-7-24)16(27)12-26-14(2)17(20)18(23-26)19(21)22/h3-5,10,19H,6-9,11-12H2,1-2H3. The van der Waals surface area contributed by atoms with E-state index in [0.29, 0.717) is 18.8 Å². The second-order valence-electron chi connectivity index (χ2n) is 6.89. The third kappa shape index (κ3) is 4.73. The van der Waals surface area contributed by atoms with Crippen LogP contribution in [0.1, 0.15) is 28.9 Å². The molecule has 0 N–H and O–H groups in total. The number of carbonyl (C=O) groups excluding carboxylic acids is 1.